The second-order valence-electron chi connectivity index (χ2n) is 5.22. The topological polar surface area (TPSA) is 91.8 Å². The number of hydrogen-bond donors (Lipinski definition) is 1. The summed E-state index contributed by atoms with van der Waals surface area (Å²) >= 11 is 1.49. The standard InChI is InChI=1S/C12H19NO5S2/c1-2-20(17,18)9-8-19-7-6-13(9)10(14)12(11(15)16)4-3-5-12/h9H,2-8H2,1H3,(H,15,16). The second kappa shape index (κ2) is 5.55. The van der Waals surface area contributed by atoms with Gasteiger partial charge in [-0.1, -0.05) is 13.3 Å². The van der Waals surface area contributed by atoms with Crippen molar-refractivity contribution in [3.05, 3.63) is 0 Å². The molecule has 1 aliphatic heterocycles. The fourth-order valence-electron chi connectivity index (χ4n) is 2.63. The Hall–Kier alpha value is -0.760. The number of nitrogens with zero attached hydrogens (tertiary/aromatic N) is 1. The van der Waals surface area contributed by atoms with E-state index >= 15 is 0 Å². The maximum absolute atomic E-state index is 12.6. The first kappa shape index (κ1) is 15.6. The molecule has 114 valence electrons. The number of amides is 1. The lowest BCUT2D eigenvalue weighted by atomic mass is 9.67. The number of carboxylic acid groups (broad SMARTS) is 1. The maximum Gasteiger partial charge on any atom is 0.319 e. The van der Waals surface area contributed by atoms with E-state index in [0.717, 1.165) is 0 Å². The van der Waals surface area contributed by atoms with Crippen LogP contribution >= 0.6 is 11.8 Å². The van der Waals surface area contributed by atoms with Crippen molar-refractivity contribution < 1.29 is 23.1 Å². The van der Waals surface area contributed by atoms with Crippen molar-refractivity contribution in [1.82, 2.24) is 4.90 Å². The van der Waals surface area contributed by atoms with Gasteiger partial charge < -0.3 is 10.0 Å². The van der Waals surface area contributed by atoms with Crippen LogP contribution in [-0.4, -0.2) is 59.5 Å². The highest BCUT2D eigenvalue weighted by Gasteiger charge is 2.55. The van der Waals surface area contributed by atoms with Crippen LogP contribution in [0.15, 0.2) is 0 Å². The fourth-order valence-corrected chi connectivity index (χ4v) is 5.59. The van der Waals surface area contributed by atoms with Crippen molar-refractivity contribution in [2.75, 3.05) is 23.8 Å². The van der Waals surface area contributed by atoms with Gasteiger partial charge in [-0.05, 0) is 12.8 Å². The van der Waals surface area contributed by atoms with E-state index in [4.69, 9.17) is 0 Å². The Bertz CT molecular complexity index is 512. The zero-order valence-electron chi connectivity index (χ0n) is 11.4. The van der Waals surface area contributed by atoms with E-state index in [-0.39, 0.29) is 5.75 Å². The number of thioether (sulfide) groups is 1. The average molecular weight is 321 g/mol. The lowest BCUT2D eigenvalue weighted by molar-refractivity contribution is -0.167. The molecule has 1 saturated carbocycles. The Labute approximate surface area is 122 Å². The molecule has 1 atom stereocenters. The van der Waals surface area contributed by atoms with Crippen LogP contribution in [0.3, 0.4) is 0 Å². The van der Waals surface area contributed by atoms with Gasteiger partial charge in [0.15, 0.2) is 9.84 Å². The van der Waals surface area contributed by atoms with Crippen molar-refractivity contribution in [1.29, 1.82) is 0 Å². The molecular weight excluding hydrogens is 302 g/mol. The summed E-state index contributed by atoms with van der Waals surface area (Å²) in [6.07, 6.45) is 1.32. The molecule has 2 aliphatic rings. The Balaban J connectivity index is 2.29. The molecule has 20 heavy (non-hydrogen) atoms. The largest absolute Gasteiger partial charge is 0.480 e. The summed E-state index contributed by atoms with van der Waals surface area (Å²) in [4.78, 5) is 25.3. The summed E-state index contributed by atoms with van der Waals surface area (Å²) < 4.78 is 24.2. The van der Waals surface area contributed by atoms with Gasteiger partial charge in [-0.3, -0.25) is 9.59 Å². The van der Waals surface area contributed by atoms with Gasteiger partial charge in [0.05, 0.1) is 0 Å². The normalized spacial score (nSPS) is 25.9. The zero-order chi connectivity index (χ0) is 15.0. The van der Waals surface area contributed by atoms with E-state index in [2.05, 4.69) is 0 Å². The molecule has 0 bridgehead atoms. The molecule has 2 fully saturated rings. The Morgan fingerprint density at radius 2 is 2.05 bits per heavy atom. The van der Waals surface area contributed by atoms with Crippen LogP contribution in [0.4, 0.5) is 0 Å². The summed E-state index contributed by atoms with van der Waals surface area (Å²) in [5.74, 6) is -0.699. The van der Waals surface area contributed by atoms with E-state index in [0.29, 0.717) is 37.3 Å². The van der Waals surface area contributed by atoms with E-state index in [1.807, 2.05) is 0 Å². The molecule has 1 aliphatic carbocycles. The highest BCUT2D eigenvalue weighted by Crippen LogP contribution is 2.44. The molecule has 0 radical (unpaired) electrons. The molecule has 1 heterocycles. The van der Waals surface area contributed by atoms with Crippen molar-refractivity contribution in [2.45, 2.75) is 31.6 Å². The van der Waals surface area contributed by atoms with Crippen LogP contribution in [0.5, 0.6) is 0 Å². The van der Waals surface area contributed by atoms with Crippen molar-refractivity contribution in [3.8, 4) is 0 Å². The van der Waals surface area contributed by atoms with Gasteiger partial charge >= 0.3 is 5.97 Å². The molecule has 2 rings (SSSR count). The SMILES string of the molecule is CCS(=O)(=O)C1CSCCN1C(=O)C1(C(=O)O)CCC1. The molecule has 1 saturated heterocycles. The molecule has 0 aromatic carbocycles. The minimum atomic E-state index is -3.39. The number of sulfone groups is 1. The first-order valence-electron chi connectivity index (χ1n) is 6.69. The number of hydrogen-bond acceptors (Lipinski definition) is 5. The summed E-state index contributed by atoms with van der Waals surface area (Å²) in [6.45, 7) is 1.86. The van der Waals surface area contributed by atoms with Gasteiger partial charge in [-0.15, -0.1) is 0 Å². The minimum Gasteiger partial charge on any atom is -0.480 e. The predicted molar refractivity (Wildman–Crippen MR) is 76.2 cm³/mol. The van der Waals surface area contributed by atoms with E-state index in [1.54, 1.807) is 6.92 Å². The predicted octanol–water partition coefficient (Wildman–Crippen LogP) is 0.577. The monoisotopic (exact) mass is 321 g/mol. The third-order valence-electron chi connectivity index (χ3n) is 4.19. The second-order valence-corrected chi connectivity index (χ2v) is 8.82. The molecule has 1 amide bonds. The number of carbonyl (C=O) groups excluding carboxylic acids is 1. The van der Waals surface area contributed by atoms with Gasteiger partial charge in [0.2, 0.25) is 5.91 Å². The van der Waals surface area contributed by atoms with Gasteiger partial charge in [-0.25, -0.2) is 8.42 Å². The first-order chi connectivity index (χ1) is 9.35. The van der Waals surface area contributed by atoms with Crippen LogP contribution in [0.1, 0.15) is 26.2 Å². The Morgan fingerprint density at radius 1 is 1.40 bits per heavy atom. The van der Waals surface area contributed by atoms with Gasteiger partial charge in [0.1, 0.15) is 10.8 Å². The van der Waals surface area contributed by atoms with Gasteiger partial charge in [0.25, 0.3) is 0 Å². The van der Waals surface area contributed by atoms with Crippen LogP contribution in [-0.2, 0) is 19.4 Å². The Morgan fingerprint density at radius 3 is 2.50 bits per heavy atom. The van der Waals surface area contributed by atoms with Gasteiger partial charge in [0, 0.05) is 23.8 Å². The highest BCUT2D eigenvalue weighted by atomic mass is 32.2. The number of rotatable bonds is 4. The van der Waals surface area contributed by atoms with E-state index in [1.165, 1.54) is 16.7 Å². The summed E-state index contributed by atoms with van der Waals surface area (Å²) in [5, 5.41) is 8.45. The molecule has 0 aromatic heterocycles. The third kappa shape index (κ3) is 2.43. The third-order valence-corrected chi connectivity index (χ3v) is 7.48. The Kier molecular flexibility index (Phi) is 4.34. The summed E-state index contributed by atoms with van der Waals surface area (Å²) in [7, 11) is -3.39. The highest BCUT2D eigenvalue weighted by molar-refractivity contribution is 8.01. The van der Waals surface area contributed by atoms with Crippen LogP contribution in [0.2, 0.25) is 0 Å². The molecule has 1 N–H and O–H groups in total. The molecule has 8 heteroatoms. The lowest BCUT2D eigenvalue weighted by Crippen LogP contribution is -2.59. The number of aliphatic carboxylic acids is 1. The van der Waals surface area contributed by atoms with Crippen LogP contribution in [0, 0.1) is 5.41 Å². The lowest BCUT2D eigenvalue weighted by Gasteiger charge is -2.43. The molecule has 0 aromatic rings. The van der Waals surface area contributed by atoms with E-state index < -0.39 is 32.5 Å². The fraction of sp³-hybridized carbons (Fsp3) is 0.833. The zero-order valence-corrected chi connectivity index (χ0v) is 13.0. The first-order valence-corrected chi connectivity index (χ1v) is 9.56. The summed E-state index contributed by atoms with van der Waals surface area (Å²) in [6, 6.07) is 0. The summed E-state index contributed by atoms with van der Waals surface area (Å²) in [5.41, 5.74) is -1.39. The van der Waals surface area contributed by atoms with Crippen molar-refractivity contribution in [3.63, 3.8) is 0 Å². The van der Waals surface area contributed by atoms with Crippen molar-refractivity contribution >= 4 is 33.5 Å². The number of carbonyl (C=O) groups is 2. The minimum absolute atomic E-state index is 0.0396. The average Bonchev–Trinajstić information content (AvgIpc) is 2.36. The van der Waals surface area contributed by atoms with Crippen LogP contribution in [0.25, 0.3) is 0 Å². The molecule has 6 nitrogen and oxygen atoms in total. The maximum atomic E-state index is 12.6. The number of carboxylic acids is 1. The molecule has 1 unspecified atom stereocenters. The smallest absolute Gasteiger partial charge is 0.319 e. The quantitative estimate of drug-likeness (QED) is 0.762. The van der Waals surface area contributed by atoms with Crippen LogP contribution < -0.4 is 0 Å². The van der Waals surface area contributed by atoms with Crippen molar-refractivity contribution in [2.24, 2.45) is 5.41 Å². The molecule has 0 spiro atoms. The van der Waals surface area contributed by atoms with Gasteiger partial charge in [-0.2, -0.15) is 11.8 Å². The van der Waals surface area contributed by atoms with E-state index in [9.17, 15) is 23.1 Å². The molecular formula is C12H19NO5S2.